The molecule has 0 radical (unpaired) electrons. The van der Waals surface area contributed by atoms with Crippen molar-refractivity contribution in [3.05, 3.63) is 54.1 Å². The monoisotopic (exact) mass is 413 g/mol. The number of likely N-dealkylation sites (tertiary alicyclic amines) is 1. The van der Waals surface area contributed by atoms with Crippen LogP contribution >= 0.6 is 0 Å². The Balaban J connectivity index is 1.44. The first-order valence-corrected chi connectivity index (χ1v) is 12.2. The fourth-order valence-corrected chi connectivity index (χ4v) is 5.58. The van der Waals surface area contributed by atoms with Gasteiger partial charge in [-0.05, 0) is 80.6 Å². The van der Waals surface area contributed by atoms with E-state index in [0.29, 0.717) is 16.5 Å². The van der Waals surface area contributed by atoms with Crippen molar-refractivity contribution >= 4 is 21.4 Å². The van der Waals surface area contributed by atoms with Crippen molar-refractivity contribution in [3.63, 3.8) is 0 Å². The zero-order chi connectivity index (χ0) is 20.3. The Morgan fingerprint density at radius 3 is 2.52 bits per heavy atom. The molecule has 0 unspecified atom stereocenters. The van der Waals surface area contributed by atoms with Crippen molar-refractivity contribution in [2.24, 2.45) is 0 Å². The van der Waals surface area contributed by atoms with Crippen LogP contribution in [0.3, 0.4) is 0 Å². The maximum atomic E-state index is 12.9. The molecule has 6 heteroatoms. The quantitative estimate of drug-likeness (QED) is 0.736. The number of benzene rings is 2. The molecule has 0 amide bonds. The van der Waals surface area contributed by atoms with E-state index in [1.165, 1.54) is 31.2 Å². The van der Waals surface area contributed by atoms with Crippen LogP contribution in [0.1, 0.15) is 44.1 Å². The number of nitrogens with zero attached hydrogens (tertiary/aromatic N) is 2. The van der Waals surface area contributed by atoms with Crippen LogP contribution in [-0.4, -0.2) is 46.0 Å². The van der Waals surface area contributed by atoms with Crippen molar-refractivity contribution in [2.75, 3.05) is 42.3 Å². The van der Waals surface area contributed by atoms with Crippen molar-refractivity contribution < 1.29 is 8.42 Å². The molecule has 29 heavy (non-hydrogen) atoms. The smallest absolute Gasteiger partial charge is 0.261 e. The molecular weight excluding hydrogens is 382 g/mol. The molecule has 2 aromatic rings. The minimum atomic E-state index is -3.60. The molecule has 0 bridgehead atoms. The van der Waals surface area contributed by atoms with Crippen LogP contribution in [0.25, 0.3) is 0 Å². The lowest BCUT2D eigenvalue weighted by molar-refractivity contribution is 0.335. The van der Waals surface area contributed by atoms with Crippen molar-refractivity contribution in [1.82, 2.24) is 4.90 Å². The van der Waals surface area contributed by atoms with E-state index in [1.807, 2.05) is 24.3 Å². The van der Waals surface area contributed by atoms with Crippen LogP contribution in [0.15, 0.2) is 53.4 Å². The average molecular weight is 414 g/mol. The highest BCUT2D eigenvalue weighted by atomic mass is 32.2. The van der Waals surface area contributed by atoms with Crippen LogP contribution in [0.2, 0.25) is 0 Å². The summed E-state index contributed by atoms with van der Waals surface area (Å²) in [6.45, 7) is 7.62. The van der Waals surface area contributed by atoms with Gasteiger partial charge in [0.2, 0.25) is 0 Å². The largest absolute Gasteiger partial charge is 0.371 e. The molecule has 2 aliphatic rings. The topological polar surface area (TPSA) is 52.7 Å². The Kier molecular flexibility index (Phi) is 6.11. The molecule has 0 aromatic heterocycles. The molecule has 2 aliphatic heterocycles. The van der Waals surface area contributed by atoms with Crippen LogP contribution < -0.4 is 9.62 Å². The van der Waals surface area contributed by atoms with E-state index in [4.69, 9.17) is 0 Å². The van der Waals surface area contributed by atoms with Gasteiger partial charge in [0.15, 0.2) is 0 Å². The molecule has 2 fully saturated rings. The normalized spacial score (nSPS) is 20.3. The second-order valence-electron chi connectivity index (χ2n) is 8.21. The summed E-state index contributed by atoms with van der Waals surface area (Å²) in [6, 6.07) is 15.2. The standard InChI is InChI=1S/C23H31N3O2S/c1-2-13-25-16-12-20(18-25)19-8-10-21(11-9-19)24-29(27,28)23-7-5-6-22(17-23)26-14-3-4-15-26/h5-11,17,20,24H,2-4,12-16,18H2,1H3/t20-/m1/s1. The summed E-state index contributed by atoms with van der Waals surface area (Å²) in [5, 5.41) is 0. The summed E-state index contributed by atoms with van der Waals surface area (Å²) in [5.74, 6) is 0.546. The Hall–Kier alpha value is -2.05. The molecular formula is C23H31N3O2S. The number of anilines is 2. The summed E-state index contributed by atoms with van der Waals surface area (Å²) in [5.41, 5.74) is 2.89. The lowest BCUT2D eigenvalue weighted by atomic mass is 9.98. The molecule has 156 valence electrons. The Morgan fingerprint density at radius 2 is 1.79 bits per heavy atom. The third-order valence-electron chi connectivity index (χ3n) is 6.05. The molecule has 4 rings (SSSR count). The maximum Gasteiger partial charge on any atom is 0.261 e. The second-order valence-corrected chi connectivity index (χ2v) is 9.89. The molecule has 2 aromatic carbocycles. The van der Waals surface area contributed by atoms with Crippen LogP contribution in [0.4, 0.5) is 11.4 Å². The minimum absolute atomic E-state index is 0.317. The highest BCUT2D eigenvalue weighted by Gasteiger charge is 2.23. The first kappa shape index (κ1) is 20.2. The third-order valence-corrected chi connectivity index (χ3v) is 7.42. The highest BCUT2D eigenvalue weighted by molar-refractivity contribution is 7.92. The summed E-state index contributed by atoms with van der Waals surface area (Å²) >= 11 is 0. The van der Waals surface area contributed by atoms with Gasteiger partial charge in [0.1, 0.15) is 0 Å². The van der Waals surface area contributed by atoms with E-state index in [9.17, 15) is 8.42 Å². The molecule has 0 spiro atoms. The highest BCUT2D eigenvalue weighted by Crippen LogP contribution is 2.29. The first-order valence-electron chi connectivity index (χ1n) is 10.8. The maximum absolute atomic E-state index is 12.9. The molecule has 5 nitrogen and oxygen atoms in total. The van der Waals surface area contributed by atoms with E-state index in [1.54, 1.807) is 12.1 Å². The Morgan fingerprint density at radius 1 is 1.03 bits per heavy atom. The fraction of sp³-hybridized carbons (Fsp3) is 0.478. The zero-order valence-corrected chi connectivity index (χ0v) is 18.0. The van der Waals surface area contributed by atoms with Gasteiger partial charge in [0, 0.05) is 31.0 Å². The molecule has 1 atom stereocenters. The van der Waals surface area contributed by atoms with Gasteiger partial charge >= 0.3 is 0 Å². The van der Waals surface area contributed by atoms with Gasteiger partial charge in [-0.1, -0.05) is 25.1 Å². The summed E-state index contributed by atoms with van der Waals surface area (Å²) in [7, 11) is -3.60. The first-order chi connectivity index (χ1) is 14.0. The van der Waals surface area contributed by atoms with Gasteiger partial charge in [-0.25, -0.2) is 8.42 Å². The van der Waals surface area contributed by atoms with E-state index >= 15 is 0 Å². The number of hydrogen-bond acceptors (Lipinski definition) is 4. The summed E-state index contributed by atoms with van der Waals surface area (Å²) in [6.07, 6.45) is 4.69. The molecule has 0 saturated carbocycles. The Labute approximate surface area is 174 Å². The fourth-order valence-electron chi connectivity index (χ4n) is 4.48. The van der Waals surface area contributed by atoms with Gasteiger partial charge < -0.3 is 9.80 Å². The predicted octanol–water partition coefficient (Wildman–Crippen LogP) is 4.29. The van der Waals surface area contributed by atoms with Crippen LogP contribution in [0.5, 0.6) is 0 Å². The van der Waals surface area contributed by atoms with E-state index in [-0.39, 0.29) is 0 Å². The number of sulfonamides is 1. The lowest BCUT2D eigenvalue weighted by Crippen LogP contribution is -2.20. The van der Waals surface area contributed by atoms with E-state index in [0.717, 1.165) is 38.4 Å². The summed E-state index contributed by atoms with van der Waals surface area (Å²) < 4.78 is 28.5. The minimum Gasteiger partial charge on any atom is -0.371 e. The number of hydrogen-bond donors (Lipinski definition) is 1. The van der Waals surface area contributed by atoms with E-state index in [2.05, 4.69) is 33.6 Å². The van der Waals surface area contributed by atoms with Gasteiger partial charge in [-0.3, -0.25) is 4.72 Å². The number of rotatable bonds is 7. The molecule has 2 saturated heterocycles. The average Bonchev–Trinajstić information content (AvgIpc) is 3.41. The number of nitrogens with one attached hydrogen (secondary N) is 1. The SMILES string of the molecule is CCCN1CC[C@@H](c2ccc(NS(=O)(=O)c3cccc(N4CCCC4)c3)cc2)C1. The van der Waals surface area contributed by atoms with Crippen molar-refractivity contribution in [1.29, 1.82) is 0 Å². The van der Waals surface area contributed by atoms with Crippen molar-refractivity contribution in [3.8, 4) is 0 Å². The Bertz CT molecular complexity index is 921. The second kappa shape index (κ2) is 8.76. The van der Waals surface area contributed by atoms with Crippen molar-refractivity contribution in [2.45, 2.75) is 43.4 Å². The third kappa shape index (κ3) is 4.75. The molecule has 1 N–H and O–H groups in total. The van der Waals surface area contributed by atoms with Crippen LogP contribution in [-0.2, 0) is 10.0 Å². The van der Waals surface area contributed by atoms with Crippen LogP contribution in [0, 0.1) is 0 Å². The van der Waals surface area contributed by atoms with Gasteiger partial charge in [0.25, 0.3) is 10.0 Å². The lowest BCUT2D eigenvalue weighted by Gasteiger charge is -2.18. The predicted molar refractivity (Wildman–Crippen MR) is 119 cm³/mol. The van der Waals surface area contributed by atoms with Gasteiger partial charge in [-0.2, -0.15) is 0 Å². The summed E-state index contributed by atoms with van der Waals surface area (Å²) in [4.78, 5) is 5.07. The molecule has 0 aliphatic carbocycles. The zero-order valence-electron chi connectivity index (χ0n) is 17.2. The van der Waals surface area contributed by atoms with Gasteiger partial charge in [0.05, 0.1) is 4.90 Å². The van der Waals surface area contributed by atoms with E-state index < -0.39 is 10.0 Å². The van der Waals surface area contributed by atoms with Gasteiger partial charge in [-0.15, -0.1) is 0 Å². The molecule has 2 heterocycles.